The molecule has 1 aromatic heterocycles. The Morgan fingerprint density at radius 3 is 2.58 bits per heavy atom. The predicted molar refractivity (Wildman–Crippen MR) is 127 cm³/mol. The summed E-state index contributed by atoms with van der Waals surface area (Å²) in [6.45, 7) is 6.19. The predicted octanol–water partition coefficient (Wildman–Crippen LogP) is 4.21. The number of sulfonamides is 1. The lowest BCUT2D eigenvalue weighted by atomic mass is 10.0. The van der Waals surface area contributed by atoms with Crippen LogP contribution in [0.25, 0.3) is 11.3 Å². The van der Waals surface area contributed by atoms with E-state index in [-0.39, 0.29) is 22.4 Å². The van der Waals surface area contributed by atoms with Gasteiger partial charge in [-0.1, -0.05) is 12.5 Å². The van der Waals surface area contributed by atoms with E-state index in [1.165, 1.54) is 12.1 Å². The molecule has 0 bridgehead atoms. The number of aromatic amines is 1. The lowest BCUT2D eigenvalue weighted by Crippen LogP contribution is -2.41. The summed E-state index contributed by atoms with van der Waals surface area (Å²) in [5.74, 6) is -0.286. The van der Waals surface area contributed by atoms with Gasteiger partial charge in [0.15, 0.2) is 0 Å². The van der Waals surface area contributed by atoms with Crippen LogP contribution in [0.5, 0.6) is 5.75 Å². The van der Waals surface area contributed by atoms with Crippen molar-refractivity contribution in [3.05, 3.63) is 59.3 Å². The second-order valence-electron chi connectivity index (χ2n) is 8.51. The molecule has 3 N–H and O–H groups in total. The van der Waals surface area contributed by atoms with E-state index in [1.807, 2.05) is 26.8 Å². The molecule has 1 atom stereocenters. The number of hydrogen-bond donors (Lipinski definition) is 3. The summed E-state index contributed by atoms with van der Waals surface area (Å²) in [5, 5.41) is 20.0. The quantitative estimate of drug-likeness (QED) is 0.519. The Morgan fingerprint density at radius 1 is 1.15 bits per heavy atom. The monoisotopic (exact) mass is 468 g/mol. The van der Waals surface area contributed by atoms with E-state index in [4.69, 9.17) is 0 Å². The first-order valence-corrected chi connectivity index (χ1v) is 12.4. The molecule has 8 nitrogen and oxygen atoms in total. The summed E-state index contributed by atoms with van der Waals surface area (Å²) in [7, 11) is -3.57. The summed E-state index contributed by atoms with van der Waals surface area (Å²) < 4.78 is 27.5. The first-order chi connectivity index (χ1) is 15.7. The SMILES string of the molecule is Cc1ccc(-c2cc(C(=O)Nc3ccc(S(=O)(=O)N4CCCC[C@@H]4C)cc3)[nH]n2)c(O)c1C. The van der Waals surface area contributed by atoms with Crippen molar-refractivity contribution in [1.29, 1.82) is 0 Å². The van der Waals surface area contributed by atoms with Crippen LogP contribution in [0.4, 0.5) is 5.69 Å². The number of aryl methyl sites for hydroxylation is 1. The molecule has 174 valence electrons. The molecule has 9 heteroatoms. The summed E-state index contributed by atoms with van der Waals surface area (Å²) in [5.41, 5.74) is 3.41. The number of piperidine rings is 1. The van der Waals surface area contributed by atoms with Crippen LogP contribution in [-0.2, 0) is 10.0 Å². The molecule has 0 spiro atoms. The fraction of sp³-hybridized carbons (Fsp3) is 0.333. The standard InChI is InChI=1S/C24H28N4O4S/c1-15-7-12-20(23(29)17(15)3)21-14-22(27-26-21)24(30)25-18-8-10-19(11-9-18)33(31,32)28-13-5-4-6-16(28)2/h7-12,14,16,29H,4-6,13H2,1-3H3,(H,25,30)(H,26,27)/t16-/m0/s1. The minimum Gasteiger partial charge on any atom is -0.507 e. The largest absolute Gasteiger partial charge is 0.507 e. The number of H-pyrrole nitrogens is 1. The van der Waals surface area contributed by atoms with Gasteiger partial charge in [-0.3, -0.25) is 9.89 Å². The van der Waals surface area contributed by atoms with Crippen LogP contribution in [0.3, 0.4) is 0 Å². The van der Waals surface area contributed by atoms with Gasteiger partial charge in [0.1, 0.15) is 11.4 Å². The molecule has 1 aliphatic rings. The highest BCUT2D eigenvalue weighted by Crippen LogP contribution is 2.33. The summed E-state index contributed by atoms with van der Waals surface area (Å²) in [6.07, 6.45) is 2.76. The van der Waals surface area contributed by atoms with Crippen LogP contribution in [0.15, 0.2) is 47.4 Å². The molecule has 2 heterocycles. The highest BCUT2D eigenvalue weighted by atomic mass is 32.2. The number of carbonyl (C=O) groups excluding carboxylic acids is 1. The van der Waals surface area contributed by atoms with Gasteiger partial charge in [0.05, 0.1) is 10.6 Å². The summed E-state index contributed by atoms with van der Waals surface area (Å²) in [6, 6.07) is 11.4. The zero-order chi connectivity index (χ0) is 23.8. The van der Waals surface area contributed by atoms with Gasteiger partial charge >= 0.3 is 0 Å². The topological polar surface area (TPSA) is 115 Å². The van der Waals surface area contributed by atoms with Crippen LogP contribution in [-0.4, -0.2) is 46.5 Å². The number of nitrogens with one attached hydrogen (secondary N) is 2. The summed E-state index contributed by atoms with van der Waals surface area (Å²) >= 11 is 0. The molecular weight excluding hydrogens is 440 g/mol. The number of rotatable bonds is 5. The van der Waals surface area contributed by atoms with Crippen molar-refractivity contribution < 1.29 is 18.3 Å². The minimum absolute atomic E-state index is 0.0190. The number of aromatic nitrogens is 2. The lowest BCUT2D eigenvalue weighted by molar-refractivity contribution is 0.102. The number of carbonyl (C=O) groups is 1. The number of aromatic hydroxyl groups is 1. The zero-order valence-electron chi connectivity index (χ0n) is 18.9. The van der Waals surface area contributed by atoms with Crippen molar-refractivity contribution in [3.8, 4) is 17.0 Å². The number of phenolic OH excluding ortho intramolecular Hbond substituents is 1. The molecule has 33 heavy (non-hydrogen) atoms. The van der Waals surface area contributed by atoms with Crippen LogP contribution < -0.4 is 5.32 Å². The van der Waals surface area contributed by atoms with Gasteiger partial charge in [-0.25, -0.2) is 8.42 Å². The van der Waals surface area contributed by atoms with Crippen molar-refractivity contribution in [1.82, 2.24) is 14.5 Å². The molecule has 1 saturated heterocycles. The van der Waals surface area contributed by atoms with Crippen LogP contribution in [0, 0.1) is 13.8 Å². The molecule has 4 rings (SSSR count). The van der Waals surface area contributed by atoms with E-state index < -0.39 is 15.9 Å². The van der Waals surface area contributed by atoms with E-state index in [0.29, 0.717) is 23.5 Å². The number of benzene rings is 2. The Hall–Kier alpha value is -3.17. The van der Waals surface area contributed by atoms with Gasteiger partial charge in [-0.05, 0) is 81.1 Å². The Labute approximate surface area is 193 Å². The van der Waals surface area contributed by atoms with E-state index in [9.17, 15) is 18.3 Å². The van der Waals surface area contributed by atoms with E-state index in [2.05, 4.69) is 15.5 Å². The average Bonchev–Trinajstić information content (AvgIpc) is 3.28. The van der Waals surface area contributed by atoms with Gasteiger partial charge in [-0.15, -0.1) is 0 Å². The Balaban J connectivity index is 1.48. The van der Waals surface area contributed by atoms with Crippen molar-refractivity contribution in [2.45, 2.75) is 51.0 Å². The van der Waals surface area contributed by atoms with Gasteiger partial charge in [-0.2, -0.15) is 9.40 Å². The van der Waals surface area contributed by atoms with Gasteiger partial charge in [0.25, 0.3) is 5.91 Å². The van der Waals surface area contributed by atoms with Crippen molar-refractivity contribution in [2.24, 2.45) is 0 Å². The fourth-order valence-electron chi connectivity index (χ4n) is 4.06. The second-order valence-corrected chi connectivity index (χ2v) is 10.4. The maximum atomic E-state index is 13.0. The Bertz CT molecular complexity index is 1280. The average molecular weight is 469 g/mol. The third-order valence-electron chi connectivity index (χ3n) is 6.26. The number of amides is 1. The van der Waals surface area contributed by atoms with Crippen LogP contribution >= 0.6 is 0 Å². The van der Waals surface area contributed by atoms with Gasteiger partial charge < -0.3 is 10.4 Å². The molecule has 2 aromatic carbocycles. The lowest BCUT2D eigenvalue weighted by Gasteiger charge is -2.32. The molecule has 0 unspecified atom stereocenters. The summed E-state index contributed by atoms with van der Waals surface area (Å²) in [4.78, 5) is 12.9. The molecule has 1 aliphatic heterocycles. The van der Waals surface area contributed by atoms with E-state index in [1.54, 1.807) is 28.6 Å². The van der Waals surface area contributed by atoms with Crippen molar-refractivity contribution >= 4 is 21.6 Å². The normalized spacial score (nSPS) is 17.1. The zero-order valence-corrected chi connectivity index (χ0v) is 19.7. The first-order valence-electron chi connectivity index (χ1n) is 11.0. The molecule has 0 saturated carbocycles. The third kappa shape index (κ3) is 4.51. The molecule has 3 aromatic rings. The molecule has 1 fully saturated rings. The maximum absolute atomic E-state index is 13.0. The van der Waals surface area contributed by atoms with Crippen molar-refractivity contribution in [3.63, 3.8) is 0 Å². The number of nitrogens with zero attached hydrogens (tertiary/aromatic N) is 2. The van der Waals surface area contributed by atoms with Crippen LogP contribution in [0.1, 0.15) is 47.8 Å². The van der Waals surface area contributed by atoms with Gasteiger partial charge in [0, 0.05) is 23.8 Å². The molecular formula is C24H28N4O4S. The van der Waals surface area contributed by atoms with E-state index >= 15 is 0 Å². The second kappa shape index (κ2) is 8.99. The fourth-order valence-corrected chi connectivity index (χ4v) is 5.76. The molecule has 0 aliphatic carbocycles. The van der Waals surface area contributed by atoms with Crippen molar-refractivity contribution in [2.75, 3.05) is 11.9 Å². The Kier molecular flexibility index (Phi) is 6.27. The minimum atomic E-state index is -3.57. The number of hydrogen-bond acceptors (Lipinski definition) is 5. The molecule has 0 radical (unpaired) electrons. The number of phenols is 1. The van der Waals surface area contributed by atoms with E-state index in [0.717, 1.165) is 30.4 Å². The Morgan fingerprint density at radius 2 is 1.88 bits per heavy atom. The maximum Gasteiger partial charge on any atom is 0.273 e. The van der Waals surface area contributed by atoms with Crippen LogP contribution in [0.2, 0.25) is 0 Å². The third-order valence-corrected chi connectivity index (χ3v) is 8.29. The smallest absolute Gasteiger partial charge is 0.273 e. The number of anilines is 1. The first kappa shape index (κ1) is 23.0. The molecule has 1 amide bonds. The van der Waals surface area contributed by atoms with Gasteiger partial charge in [0.2, 0.25) is 10.0 Å². The highest BCUT2D eigenvalue weighted by molar-refractivity contribution is 7.89. The highest BCUT2D eigenvalue weighted by Gasteiger charge is 2.30.